The summed E-state index contributed by atoms with van der Waals surface area (Å²) in [6.45, 7) is 2.07. The van der Waals surface area contributed by atoms with E-state index in [1.807, 2.05) is 23.1 Å². The molecule has 0 amide bonds. The van der Waals surface area contributed by atoms with E-state index in [4.69, 9.17) is 0 Å². The van der Waals surface area contributed by atoms with Crippen molar-refractivity contribution >= 4 is 45.1 Å². The van der Waals surface area contributed by atoms with E-state index < -0.39 is 0 Å². The van der Waals surface area contributed by atoms with Crippen molar-refractivity contribution in [1.29, 1.82) is 0 Å². The molecule has 0 unspecified atom stereocenters. The summed E-state index contributed by atoms with van der Waals surface area (Å²) in [6.07, 6.45) is 2.35. The molecule has 0 aliphatic carbocycles. The highest BCUT2D eigenvalue weighted by Crippen LogP contribution is 2.47. The van der Waals surface area contributed by atoms with Crippen LogP contribution in [0.5, 0.6) is 0 Å². The van der Waals surface area contributed by atoms with E-state index in [1.165, 1.54) is 30.8 Å². The molecule has 102 valence electrons. The first-order valence-electron chi connectivity index (χ1n) is 7.08. The SMILES string of the molecule is C1=C2Sc3ccccc3N2CC[n+]2c1sc1ccccc12. The number of fused-ring (bicyclic) bond motifs is 6. The van der Waals surface area contributed by atoms with E-state index in [9.17, 15) is 0 Å². The van der Waals surface area contributed by atoms with Gasteiger partial charge in [0, 0.05) is 11.0 Å². The molecule has 0 bridgehead atoms. The van der Waals surface area contributed by atoms with Crippen LogP contribution < -0.4 is 9.47 Å². The maximum atomic E-state index is 2.45. The predicted octanol–water partition coefficient (Wildman–Crippen LogP) is 4.11. The van der Waals surface area contributed by atoms with Crippen LogP contribution in [0.4, 0.5) is 5.69 Å². The summed E-state index contributed by atoms with van der Waals surface area (Å²) in [6, 6.07) is 17.4. The van der Waals surface area contributed by atoms with Gasteiger partial charge in [-0.05, 0) is 18.2 Å². The first-order chi connectivity index (χ1) is 10.4. The molecule has 3 aromatic rings. The van der Waals surface area contributed by atoms with Gasteiger partial charge < -0.3 is 4.90 Å². The summed E-state index contributed by atoms with van der Waals surface area (Å²) in [5, 5.41) is 2.71. The molecular weight excluding hydrogens is 296 g/mol. The lowest BCUT2D eigenvalue weighted by Crippen LogP contribution is -2.38. The zero-order valence-corrected chi connectivity index (χ0v) is 13.0. The Kier molecular flexibility index (Phi) is 2.45. The fourth-order valence-corrected chi connectivity index (χ4v) is 5.41. The molecule has 4 heteroatoms. The van der Waals surface area contributed by atoms with Gasteiger partial charge in [-0.25, -0.2) is 0 Å². The second-order valence-corrected chi connectivity index (χ2v) is 7.39. The Labute approximate surface area is 131 Å². The highest BCUT2D eigenvalue weighted by Gasteiger charge is 2.31. The molecule has 1 aromatic heterocycles. The van der Waals surface area contributed by atoms with E-state index in [-0.39, 0.29) is 0 Å². The lowest BCUT2D eigenvalue weighted by molar-refractivity contribution is -0.665. The van der Waals surface area contributed by atoms with E-state index in [1.54, 1.807) is 0 Å². The molecule has 0 saturated heterocycles. The largest absolute Gasteiger partial charge is 0.328 e. The fourth-order valence-electron chi connectivity index (χ4n) is 3.09. The molecule has 21 heavy (non-hydrogen) atoms. The monoisotopic (exact) mass is 309 g/mol. The van der Waals surface area contributed by atoms with Crippen LogP contribution in [0.25, 0.3) is 16.3 Å². The second-order valence-electron chi connectivity index (χ2n) is 5.26. The Balaban J connectivity index is 1.69. The summed E-state index contributed by atoms with van der Waals surface area (Å²) in [5.41, 5.74) is 2.71. The van der Waals surface area contributed by atoms with Crippen molar-refractivity contribution in [1.82, 2.24) is 0 Å². The topological polar surface area (TPSA) is 7.12 Å². The van der Waals surface area contributed by atoms with E-state index in [2.05, 4.69) is 64.1 Å². The van der Waals surface area contributed by atoms with Gasteiger partial charge in [0.05, 0.1) is 23.3 Å². The third-order valence-corrected chi connectivity index (χ3v) is 6.29. The number of aromatic nitrogens is 1. The smallest absolute Gasteiger partial charge is 0.265 e. The maximum absolute atomic E-state index is 2.45. The molecule has 0 radical (unpaired) electrons. The van der Waals surface area contributed by atoms with Crippen LogP contribution in [-0.4, -0.2) is 6.54 Å². The van der Waals surface area contributed by atoms with Crippen molar-refractivity contribution in [2.75, 3.05) is 11.4 Å². The summed E-state index contributed by atoms with van der Waals surface area (Å²) in [4.78, 5) is 3.83. The Morgan fingerprint density at radius 3 is 2.86 bits per heavy atom. The molecular formula is C17H13N2S2+. The Morgan fingerprint density at radius 2 is 1.86 bits per heavy atom. The standard InChI is InChI=1S/C17H13N2S2/c1-3-7-14-12(5-1)18-9-10-19-13-6-2-4-8-15(13)21-17(19)11-16(18)20-14/h1-8,11H,9-10H2/q+1. The third kappa shape index (κ3) is 1.69. The van der Waals surface area contributed by atoms with Gasteiger partial charge in [-0.3, -0.25) is 0 Å². The number of nitrogens with zero attached hydrogens (tertiary/aromatic N) is 2. The summed E-state index contributed by atoms with van der Waals surface area (Å²) in [7, 11) is 0. The Bertz CT molecular complexity index is 895. The van der Waals surface area contributed by atoms with Crippen LogP contribution in [0.1, 0.15) is 5.01 Å². The van der Waals surface area contributed by atoms with E-state index in [0.29, 0.717) is 0 Å². The van der Waals surface area contributed by atoms with Crippen molar-refractivity contribution in [2.24, 2.45) is 0 Å². The van der Waals surface area contributed by atoms with Gasteiger partial charge in [0.2, 0.25) is 5.52 Å². The fraction of sp³-hybridized carbons (Fsp3) is 0.118. The lowest BCUT2D eigenvalue weighted by atomic mass is 10.3. The highest BCUT2D eigenvalue weighted by molar-refractivity contribution is 8.03. The summed E-state index contributed by atoms with van der Waals surface area (Å²) in [5.74, 6) is 0. The van der Waals surface area contributed by atoms with Crippen molar-refractivity contribution in [2.45, 2.75) is 11.4 Å². The zero-order valence-electron chi connectivity index (χ0n) is 11.3. The van der Waals surface area contributed by atoms with Crippen molar-refractivity contribution in [3.63, 3.8) is 0 Å². The van der Waals surface area contributed by atoms with E-state index >= 15 is 0 Å². The predicted molar refractivity (Wildman–Crippen MR) is 89.6 cm³/mol. The van der Waals surface area contributed by atoms with Gasteiger partial charge in [-0.15, -0.1) is 0 Å². The van der Waals surface area contributed by atoms with Gasteiger partial charge in [-0.1, -0.05) is 47.4 Å². The van der Waals surface area contributed by atoms with Crippen LogP contribution in [0.3, 0.4) is 0 Å². The molecule has 0 spiro atoms. The molecule has 0 N–H and O–H groups in total. The third-order valence-electron chi connectivity index (χ3n) is 4.07. The quantitative estimate of drug-likeness (QED) is 0.577. The molecule has 5 rings (SSSR count). The average molecular weight is 309 g/mol. The number of hydrogen-bond donors (Lipinski definition) is 0. The first kappa shape index (κ1) is 11.8. The maximum Gasteiger partial charge on any atom is 0.265 e. The minimum Gasteiger partial charge on any atom is -0.328 e. The van der Waals surface area contributed by atoms with Gasteiger partial charge in [0.1, 0.15) is 4.70 Å². The molecule has 2 nitrogen and oxygen atoms in total. The average Bonchev–Trinajstić information content (AvgIpc) is 2.98. The molecule has 2 aromatic carbocycles. The first-order valence-corrected chi connectivity index (χ1v) is 8.71. The molecule has 2 aliphatic rings. The number of thioether (sulfide) groups is 1. The van der Waals surface area contributed by atoms with Gasteiger partial charge in [0.15, 0.2) is 6.54 Å². The molecule has 0 saturated carbocycles. The van der Waals surface area contributed by atoms with Crippen molar-refractivity contribution < 1.29 is 4.57 Å². The van der Waals surface area contributed by atoms with Crippen molar-refractivity contribution in [3.05, 3.63) is 58.6 Å². The zero-order chi connectivity index (χ0) is 13.8. The number of thiazole rings is 1. The summed E-state index contributed by atoms with van der Waals surface area (Å²) >= 11 is 3.77. The van der Waals surface area contributed by atoms with Crippen LogP contribution in [0.2, 0.25) is 0 Å². The normalized spacial score (nSPS) is 16.2. The van der Waals surface area contributed by atoms with Crippen LogP contribution in [0.15, 0.2) is 58.5 Å². The number of benzene rings is 2. The van der Waals surface area contributed by atoms with Gasteiger partial charge in [-0.2, -0.15) is 4.57 Å². The van der Waals surface area contributed by atoms with Crippen molar-refractivity contribution in [3.8, 4) is 0 Å². The number of para-hydroxylation sites is 2. The van der Waals surface area contributed by atoms with Crippen LogP contribution in [-0.2, 0) is 6.54 Å². The van der Waals surface area contributed by atoms with E-state index in [0.717, 1.165) is 13.1 Å². The van der Waals surface area contributed by atoms with Gasteiger partial charge in [0.25, 0.3) is 5.01 Å². The van der Waals surface area contributed by atoms with Crippen LogP contribution in [0, 0.1) is 0 Å². The number of hydrogen-bond acceptors (Lipinski definition) is 3. The Morgan fingerprint density at radius 1 is 1.00 bits per heavy atom. The van der Waals surface area contributed by atoms with Gasteiger partial charge >= 0.3 is 0 Å². The molecule has 3 heterocycles. The van der Waals surface area contributed by atoms with Crippen LogP contribution >= 0.6 is 23.1 Å². The second kappa shape index (κ2) is 4.36. The molecule has 2 aliphatic heterocycles. The molecule has 0 fully saturated rings. The minimum atomic E-state index is 1.04. The minimum absolute atomic E-state index is 1.04. The molecule has 0 atom stereocenters. The number of rotatable bonds is 0. The Hall–Kier alpha value is -1.78. The highest BCUT2D eigenvalue weighted by atomic mass is 32.2. The number of anilines is 1. The lowest BCUT2D eigenvalue weighted by Gasteiger charge is -2.16. The summed E-state index contributed by atoms with van der Waals surface area (Å²) < 4.78 is 3.83.